The van der Waals surface area contributed by atoms with E-state index in [9.17, 15) is 9.13 Å². The van der Waals surface area contributed by atoms with Crippen LogP contribution in [0.2, 0.25) is 0 Å². The van der Waals surface area contributed by atoms with Gasteiger partial charge in [-0.25, -0.2) is 0 Å². The molecule has 2 aliphatic heterocycles. The third-order valence-corrected chi connectivity index (χ3v) is 14.8. The van der Waals surface area contributed by atoms with Crippen molar-refractivity contribution in [2.45, 2.75) is 0 Å². The monoisotopic (exact) mass is 548 g/mol. The molecule has 4 aromatic carbocycles. The van der Waals surface area contributed by atoms with Crippen molar-refractivity contribution in [1.29, 1.82) is 0 Å². The summed E-state index contributed by atoms with van der Waals surface area (Å²) in [5.41, 5.74) is 3.85. The van der Waals surface area contributed by atoms with Gasteiger partial charge in [0.15, 0.2) is 0 Å². The first-order valence-corrected chi connectivity index (χ1v) is 17.9. The lowest BCUT2D eigenvalue weighted by atomic mass is 10.0. The van der Waals surface area contributed by atoms with Crippen molar-refractivity contribution in [3.63, 3.8) is 0 Å². The third-order valence-electron chi connectivity index (χ3n) is 6.04. The fourth-order valence-electron chi connectivity index (χ4n) is 4.39. The fourth-order valence-corrected chi connectivity index (χ4v) is 12.4. The maximum absolute atomic E-state index is 13.8. The van der Waals surface area contributed by atoms with Gasteiger partial charge >= 0.3 is 13.1 Å². The molecule has 0 fully saturated rings. The summed E-state index contributed by atoms with van der Waals surface area (Å²) in [4.78, 5) is 0. The summed E-state index contributed by atoms with van der Waals surface area (Å²) < 4.78 is 39.8. The molecule has 0 radical (unpaired) electrons. The Bertz CT molecular complexity index is 1470. The van der Waals surface area contributed by atoms with E-state index >= 15 is 0 Å². The molecule has 180 valence electrons. The van der Waals surface area contributed by atoms with Gasteiger partial charge in [0.2, 0.25) is 0 Å². The van der Waals surface area contributed by atoms with Crippen LogP contribution in [0.25, 0.3) is 22.3 Å². The molecule has 0 saturated carbocycles. The topological polar surface area (TPSA) is 52.6 Å². The molecular formula is C28H22O4P2S2. The van der Waals surface area contributed by atoms with E-state index < -0.39 is 13.1 Å². The summed E-state index contributed by atoms with van der Waals surface area (Å²) in [5, 5.41) is 1.48. The highest BCUT2D eigenvalue weighted by atomic mass is 32.7. The van der Waals surface area contributed by atoms with Crippen LogP contribution in [0.3, 0.4) is 0 Å². The Hall–Kier alpha value is -2.62. The van der Waals surface area contributed by atoms with Crippen LogP contribution in [0.4, 0.5) is 0 Å². The maximum atomic E-state index is 13.8. The molecule has 2 unspecified atom stereocenters. The first-order valence-electron chi connectivity index (χ1n) is 11.5. The molecule has 0 aliphatic carbocycles. The molecule has 8 heteroatoms. The molecule has 0 N–H and O–H groups in total. The van der Waals surface area contributed by atoms with E-state index in [0.29, 0.717) is 23.0 Å². The predicted octanol–water partition coefficient (Wildman–Crippen LogP) is 8.17. The van der Waals surface area contributed by atoms with E-state index in [1.54, 1.807) is 0 Å². The van der Waals surface area contributed by atoms with E-state index in [4.69, 9.17) is 9.05 Å². The first kappa shape index (κ1) is 23.8. The fraction of sp³-hybridized carbons (Fsp3) is 0.0714. The van der Waals surface area contributed by atoms with Crippen LogP contribution in [0, 0.1) is 0 Å². The Kier molecular flexibility index (Phi) is 6.39. The molecule has 2 heterocycles. The van der Waals surface area contributed by atoms with E-state index in [1.807, 2.05) is 109 Å². The van der Waals surface area contributed by atoms with Gasteiger partial charge in [-0.15, -0.1) is 0 Å². The number of para-hydroxylation sites is 2. The molecule has 0 aromatic heterocycles. The quantitative estimate of drug-likeness (QED) is 0.179. The Morgan fingerprint density at radius 3 is 1.33 bits per heavy atom. The normalized spacial score (nSPS) is 21.4. The van der Waals surface area contributed by atoms with Gasteiger partial charge < -0.3 is 9.05 Å². The second kappa shape index (κ2) is 9.68. The van der Waals surface area contributed by atoms with Crippen LogP contribution in [-0.4, -0.2) is 11.5 Å². The third kappa shape index (κ3) is 4.27. The zero-order chi connectivity index (χ0) is 24.6. The molecule has 4 aromatic rings. The van der Waals surface area contributed by atoms with Crippen LogP contribution >= 0.6 is 35.9 Å². The van der Waals surface area contributed by atoms with Crippen molar-refractivity contribution in [2.75, 3.05) is 11.5 Å². The van der Waals surface area contributed by atoms with Crippen LogP contribution < -0.4 is 19.7 Å². The molecular weight excluding hydrogens is 526 g/mol. The van der Waals surface area contributed by atoms with Crippen LogP contribution in [0.15, 0.2) is 109 Å². The van der Waals surface area contributed by atoms with E-state index in [1.165, 1.54) is 22.8 Å². The Morgan fingerprint density at radius 2 is 0.889 bits per heavy atom. The average molecular weight is 549 g/mol. The Morgan fingerprint density at radius 1 is 0.528 bits per heavy atom. The summed E-state index contributed by atoms with van der Waals surface area (Å²) in [7, 11) is 0. The molecule has 0 amide bonds. The van der Waals surface area contributed by atoms with Gasteiger partial charge in [0.25, 0.3) is 0 Å². The summed E-state index contributed by atoms with van der Waals surface area (Å²) in [6, 6.07) is 30.9. The van der Waals surface area contributed by atoms with E-state index in [0.717, 1.165) is 32.9 Å². The van der Waals surface area contributed by atoms with Crippen molar-refractivity contribution in [1.82, 2.24) is 0 Å². The van der Waals surface area contributed by atoms with Gasteiger partial charge in [0, 0.05) is 33.8 Å². The molecule has 0 saturated heterocycles. The number of rotatable bonds is 6. The van der Waals surface area contributed by atoms with Crippen molar-refractivity contribution in [2.24, 2.45) is 0 Å². The minimum atomic E-state index is -3.13. The van der Waals surface area contributed by atoms with Gasteiger partial charge in [-0.1, -0.05) is 84.9 Å². The largest absolute Gasteiger partial charge is 0.432 e. The first-order chi connectivity index (χ1) is 17.6. The van der Waals surface area contributed by atoms with E-state index in [2.05, 4.69) is 0 Å². The van der Waals surface area contributed by atoms with Crippen molar-refractivity contribution in [3.05, 3.63) is 109 Å². The predicted molar refractivity (Wildman–Crippen MR) is 154 cm³/mol. The van der Waals surface area contributed by atoms with Crippen LogP contribution in [0.5, 0.6) is 11.5 Å². The minimum absolute atomic E-state index is 0.513. The molecule has 6 rings (SSSR count). The Balaban J connectivity index is 1.14. The smallest absolute Gasteiger partial charge is 0.334 e. The van der Waals surface area contributed by atoms with Gasteiger partial charge in [-0.05, 0) is 47.0 Å². The van der Waals surface area contributed by atoms with E-state index in [-0.39, 0.29) is 0 Å². The standard InChI is InChI=1S/C28H22O4P2S2/c29-33(27-17-7-3-13-23(27)21-11-1-5-15-25(21)31-33)35-19-9-10-20-36-34(30)28-18-8-4-14-24(28)22-12-2-6-16-26(22)32-34/h1-18H,19-20H2/b10-9+. The van der Waals surface area contributed by atoms with Gasteiger partial charge in [0.05, 0.1) is 10.6 Å². The summed E-state index contributed by atoms with van der Waals surface area (Å²) in [6.45, 7) is -6.25. The molecule has 0 bridgehead atoms. The highest BCUT2D eigenvalue weighted by Crippen LogP contribution is 2.64. The second-order valence-electron chi connectivity index (χ2n) is 8.27. The molecule has 0 spiro atoms. The number of hydrogen-bond acceptors (Lipinski definition) is 6. The van der Waals surface area contributed by atoms with Gasteiger partial charge in [-0.3, -0.25) is 9.13 Å². The number of hydrogen-bond donors (Lipinski definition) is 0. The highest BCUT2D eigenvalue weighted by Gasteiger charge is 2.37. The van der Waals surface area contributed by atoms with Crippen LogP contribution in [0.1, 0.15) is 0 Å². The lowest BCUT2D eigenvalue weighted by Crippen LogP contribution is -2.15. The Labute approximate surface area is 218 Å². The number of benzene rings is 4. The zero-order valence-electron chi connectivity index (χ0n) is 19.2. The summed E-state index contributed by atoms with van der Waals surface area (Å²) in [6.07, 6.45) is 3.92. The maximum Gasteiger partial charge on any atom is 0.334 e. The van der Waals surface area contributed by atoms with Crippen LogP contribution in [-0.2, 0) is 9.13 Å². The highest BCUT2D eigenvalue weighted by molar-refractivity contribution is 8.59. The second-order valence-corrected chi connectivity index (χ2v) is 17.2. The molecule has 2 atom stereocenters. The lowest BCUT2D eigenvalue weighted by Gasteiger charge is -2.27. The summed E-state index contributed by atoms with van der Waals surface area (Å²) >= 11 is 2.61. The summed E-state index contributed by atoms with van der Waals surface area (Å²) in [5.74, 6) is 2.33. The van der Waals surface area contributed by atoms with Crippen molar-refractivity contribution in [3.8, 4) is 33.8 Å². The molecule has 4 nitrogen and oxygen atoms in total. The van der Waals surface area contributed by atoms with Crippen molar-refractivity contribution >= 4 is 46.5 Å². The SMILES string of the molecule is O=P1(SC/C=C/CSP2(=O)Oc3ccccc3-c3ccccc32)Oc2ccccc2-c2ccccc21. The minimum Gasteiger partial charge on any atom is -0.432 e. The zero-order valence-corrected chi connectivity index (χ0v) is 22.6. The van der Waals surface area contributed by atoms with Crippen molar-refractivity contribution < 1.29 is 18.2 Å². The number of fused-ring (bicyclic) bond motifs is 6. The molecule has 36 heavy (non-hydrogen) atoms. The average Bonchev–Trinajstić information content (AvgIpc) is 2.91. The lowest BCUT2D eigenvalue weighted by molar-refractivity contribution is 0.507. The molecule has 2 aliphatic rings. The van der Waals surface area contributed by atoms with Gasteiger partial charge in [-0.2, -0.15) is 0 Å². The van der Waals surface area contributed by atoms with Gasteiger partial charge in [0.1, 0.15) is 11.5 Å².